The van der Waals surface area contributed by atoms with Crippen molar-refractivity contribution in [3.8, 4) is 0 Å². The van der Waals surface area contributed by atoms with Gasteiger partial charge < -0.3 is 20.8 Å². The van der Waals surface area contributed by atoms with Gasteiger partial charge in [0.25, 0.3) is 0 Å². The third-order valence-electron chi connectivity index (χ3n) is 6.10. The topological polar surface area (TPSA) is 150 Å². The van der Waals surface area contributed by atoms with Crippen molar-refractivity contribution in [3.05, 3.63) is 35.8 Å². The summed E-state index contributed by atoms with van der Waals surface area (Å²) in [6, 6.07) is 4.16. The summed E-state index contributed by atoms with van der Waals surface area (Å²) in [6.07, 6.45) is 6.78. The van der Waals surface area contributed by atoms with Gasteiger partial charge in [-0.25, -0.2) is 9.78 Å². The zero-order valence-electron chi connectivity index (χ0n) is 19.4. The first-order chi connectivity index (χ1) is 16.6. The number of hydrogen-bond donors (Lipinski definition) is 5. The highest BCUT2D eigenvalue weighted by atomic mass is 16.4. The summed E-state index contributed by atoms with van der Waals surface area (Å²) in [6.45, 7) is 4.64. The van der Waals surface area contributed by atoms with Crippen LogP contribution in [0, 0.1) is 0 Å². The van der Waals surface area contributed by atoms with Crippen LogP contribution >= 0.6 is 0 Å². The minimum Gasteiger partial charge on any atom is -0.465 e. The van der Waals surface area contributed by atoms with Crippen molar-refractivity contribution in [2.75, 3.05) is 30.3 Å². The summed E-state index contributed by atoms with van der Waals surface area (Å²) in [5.74, 6) is 0.957. The number of aliphatic hydroxyl groups is 1. The number of anilines is 2. The zero-order valence-corrected chi connectivity index (χ0v) is 19.4. The van der Waals surface area contributed by atoms with E-state index in [0.29, 0.717) is 35.7 Å². The van der Waals surface area contributed by atoms with E-state index in [0.717, 1.165) is 50.0 Å². The number of carbonyl (C=O) groups is 1. The maximum Gasteiger partial charge on any atom is 0.411 e. The van der Waals surface area contributed by atoms with E-state index in [1.807, 2.05) is 6.20 Å². The molecule has 11 heteroatoms. The van der Waals surface area contributed by atoms with Crippen LogP contribution in [0.1, 0.15) is 56.2 Å². The molecule has 5 N–H and O–H groups in total. The van der Waals surface area contributed by atoms with Crippen LogP contribution < -0.4 is 16.0 Å². The van der Waals surface area contributed by atoms with Crippen molar-refractivity contribution in [1.29, 1.82) is 0 Å². The monoisotopic (exact) mass is 468 g/mol. The second-order valence-electron chi connectivity index (χ2n) is 8.62. The van der Waals surface area contributed by atoms with Crippen LogP contribution in [0.5, 0.6) is 0 Å². The normalized spacial score (nSPS) is 15.4. The van der Waals surface area contributed by atoms with Crippen molar-refractivity contribution in [1.82, 2.24) is 30.0 Å². The standard InChI is InChI=1S/C23H32N8O3/c1-2-3-17(8-11-32)27-21-20-19(28-22(29-21)30-23(33)34)13-26-31(20)14-15-4-5-18(25-12-15)16-6-9-24-10-7-16/h4-5,12-13,16-17,24,32H,2-3,6-11,14H2,1H3,(H,33,34)(H2,27,28,29,30). The molecular weight excluding hydrogens is 436 g/mol. The molecule has 4 heterocycles. The van der Waals surface area contributed by atoms with Crippen molar-refractivity contribution < 1.29 is 15.0 Å². The Morgan fingerprint density at radius 3 is 2.74 bits per heavy atom. The Labute approximate surface area is 198 Å². The average Bonchev–Trinajstić information content (AvgIpc) is 3.23. The van der Waals surface area contributed by atoms with Crippen molar-refractivity contribution in [3.63, 3.8) is 0 Å². The molecule has 1 aliphatic heterocycles. The van der Waals surface area contributed by atoms with Gasteiger partial charge in [0.1, 0.15) is 11.0 Å². The fraction of sp³-hybridized carbons (Fsp3) is 0.522. The van der Waals surface area contributed by atoms with E-state index >= 15 is 0 Å². The quantitative estimate of drug-likeness (QED) is 0.303. The number of amides is 1. The number of nitrogens with zero attached hydrogens (tertiary/aromatic N) is 5. The first-order valence-corrected chi connectivity index (χ1v) is 11.8. The highest BCUT2D eigenvalue weighted by Gasteiger charge is 2.19. The summed E-state index contributed by atoms with van der Waals surface area (Å²) in [7, 11) is 0. The number of aromatic nitrogens is 5. The van der Waals surface area contributed by atoms with Gasteiger partial charge in [-0.3, -0.25) is 15.0 Å². The lowest BCUT2D eigenvalue weighted by atomic mass is 9.94. The number of hydrogen-bond acceptors (Lipinski definition) is 8. The van der Waals surface area contributed by atoms with E-state index in [2.05, 4.69) is 50.1 Å². The molecule has 1 saturated heterocycles. The maximum absolute atomic E-state index is 11.2. The highest BCUT2D eigenvalue weighted by Crippen LogP contribution is 2.26. The highest BCUT2D eigenvalue weighted by molar-refractivity contribution is 5.89. The van der Waals surface area contributed by atoms with Gasteiger partial charge in [-0.1, -0.05) is 19.4 Å². The van der Waals surface area contributed by atoms with Gasteiger partial charge in [0.05, 0.1) is 12.7 Å². The molecule has 1 unspecified atom stereocenters. The van der Waals surface area contributed by atoms with Crippen LogP contribution in [0.4, 0.5) is 16.6 Å². The zero-order chi connectivity index (χ0) is 23.9. The van der Waals surface area contributed by atoms with Gasteiger partial charge >= 0.3 is 6.09 Å². The van der Waals surface area contributed by atoms with Crippen LogP contribution in [0.25, 0.3) is 11.0 Å². The molecule has 3 aromatic rings. The van der Waals surface area contributed by atoms with Gasteiger partial charge in [-0.2, -0.15) is 10.1 Å². The molecule has 0 bridgehead atoms. The van der Waals surface area contributed by atoms with E-state index in [9.17, 15) is 9.90 Å². The summed E-state index contributed by atoms with van der Waals surface area (Å²) < 4.78 is 1.80. The molecule has 0 aliphatic carbocycles. The molecule has 0 radical (unpaired) electrons. The second-order valence-corrected chi connectivity index (χ2v) is 8.62. The van der Waals surface area contributed by atoms with Gasteiger partial charge in [0.15, 0.2) is 5.82 Å². The Bertz CT molecular complexity index is 1090. The van der Waals surface area contributed by atoms with Crippen LogP contribution in [0.2, 0.25) is 0 Å². The first-order valence-electron chi connectivity index (χ1n) is 11.8. The molecule has 11 nitrogen and oxygen atoms in total. The smallest absolute Gasteiger partial charge is 0.411 e. The summed E-state index contributed by atoms with van der Waals surface area (Å²) in [4.78, 5) is 24.6. The van der Waals surface area contributed by atoms with Gasteiger partial charge in [-0.05, 0) is 50.4 Å². The summed E-state index contributed by atoms with van der Waals surface area (Å²) in [5.41, 5.74) is 3.33. The summed E-state index contributed by atoms with van der Waals surface area (Å²) >= 11 is 0. The van der Waals surface area contributed by atoms with E-state index < -0.39 is 6.09 Å². The summed E-state index contributed by atoms with van der Waals surface area (Å²) in [5, 5.41) is 32.1. The number of fused-ring (bicyclic) bond motifs is 1. The fourth-order valence-corrected chi connectivity index (χ4v) is 4.42. The molecule has 0 saturated carbocycles. The Kier molecular flexibility index (Phi) is 7.86. The third kappa shape index (κ3) is 5.78. The fourth-order valence-electron chi connectivity index (χ4n) is 4.42. The number of rotatable bonds is 10. The average molecular weight is 469 g/mol. The lowest BCUT2D eigenvalue weighted by Gasteiger charge is -2.22. The number of piperidine rings is 1. The van der Waals surface area contributed by atoms with E-state index in [4.69, 9.17) is 10.1 Å². The third-order valence-corrected chi connectivity index (χ3v) is 6.10. The molecule has 0 aromatic carbocycles. The molecule has 1 fully saturated rings. The van der Waals surface area contributed by atoms with Gasteiger partial charge in [0.2, 0.25) is 5.95 Å². The predicted molar refractivity (Wildman–Crippen MR) is 129 cm³/mol. The molecule has 1 amide bonds. The van der Waals surface area contributed by atoms with E-state index in [1.54, 1.807) is 10.9 Å². The molecule has 34 heavy (non-hydrogen) atoms. The van der Waals surface area contributed by atoms with Crippen molar-refractivity contribution in [2.24, 2.45) is 0 Å². The first kappa shape index (κ1) is 23.8. The molecular formula is C23H32N8O3. The Hall–Kier alpha value is -3.31. The van der Waals surface area contributed by atoms with Crippen LogP contribution in [0.3, 0.4) is 0 Å². The lowest BCUT2D eigenvalue weighted by molar-refractivity contribution is 0.209. The minimum atomic E-state index is -1.24. The molecule has 3 aromatic heterocycles. The maximum atomic E-state index is 11.2. The number of carboxylic acid groups (broad SMARTS) is 1. The second kappa shape index (κ2) is 11.2. The van der Waals surface area contributed by atoms with Crippen LogP contribution in [-0.4, -0.2) is 66.8 Å². The number of aliphatic hydroxyl groups excluding tert-OH is 1. The van der Waals surface area contributed by atoms with Gasteiger partial charge in [0, 0.05) is 30.5 Å². The molecule has 4 rings (SSSR count). The predicted octanol–water partition coefficient (Wildman–Crippen LogP) is 2.79. The Morgan fingerprint density at radius 1 is 1.24 bits per heavy atom. The largest absolute Gasteiger partial charge is 0.465 e. The van der Waals surface area contributed by atoms with Crippen molar-refractivity contribution in [2.45, 2.75) is 57.5 Å². The van der Waals surface area contributed by atoms with E-state index in [1.165, 1.54) is 0 Å². The Balaban J connectivity index is 1.62. The number of pyridine rings is 1. The molecule has 182 valence electrons. The SMILES string of the molecule is CCCC(CCO)Nc1nc(NC(=O)O)nc2cnn(Cc3ccc(C4CCNCC4)nc3)c12. The minimum absolute atomic E-state index is 0.0138. The molecule has 1 aliphatic rings. The number of nitrogens with one attached hydrogen (secondary N) is 3. The molecule has 0 spiro atoms. The van der Waals surface area contributed by atoms with Gasteiger partial charge in [-0.15, -0.1) is 0 Å². The molecule has 1 atom stereocenters. The van der Waals surface area contributed by atoms with Crippen molar-refractivity contribution >= 4 is 28.9 Å². The van der Waals surface area contributed by atoms with Crippen LogP contribution in [0.15, 0.2) is 24.5 Å². The Morgan fingerprint density at radius 2 is 2.06 bits per heavy atom. The van der Waals surface area contributed by atoms with Crippen LogP contribution in [-0.2, 0) is 6.54 Å². The lowest BCUT2D eigenvalue weighted by Crippen LogP contribution is -2.27. The van der Waals surface area contributed by atoms with E-state index in [-0.39, 0.29) is 18.6 Å².